The second-order valence-electron chi connectivity index (χ2n) is 2.77. The van der Waals surface area contributed by atoms with Crippen molar-refractivity contribution in [3.8, 4) is 11.1 Å². The quantitative estimate of drug-likeness (QED) is 0.528. The number of benzene rings is 2. The molecule has 0 saturated heterocycles. The first-order chi connectivity index (χ1) is 6.38. The third-order valence-corrected chi connectivity index (χ3v) is 2.23. The summed E-state index contributed by atoms with van der Waals surface area (Å²) in [5, 5.41) is 0.786. The predicted molar refractivity (Wildman–Crippen MR) is 61.5 cm³/mol. The molecule has 0 unspecified atom stereocenters. The number of hydrogen-bond acceptors (Lipinski definition) is 0. The topological polar surface area (TPSA) is 0 Å². The van der Waals surface area contributed by atoms with Crippen LogP contribution < -0.4 is 17.0 Å². The molecule has 0 aliphatic heterocycles. The average Bonchev–Trinajstić information content (AvgIpc) is 2.20. The van der Waals surface area contributed by atoms with Crippen molar-refractivity contribution < 1.29 is 17.0 Å². The first-order valence-electron chi connectivity index (χ1n) is 4.09. The molecule has 0 aromatic heterocycles. The van der Waals surface area contributed by atoms with Crippen molar-refractivity contribution in [1.29, 1.82) is 0 Å². The second kappa shape index (κ2) is 7.28. The number of rotatable bonds is 1. The summed E-state index contributed by atoms with van der Waals surface area (Å²) in [5.74, 6) is 0. The Kier molecular flexibility index (Phi) is 7.27. The predicted octanol–water partition coefficient (Wildman–Crippen LogP) is 0.430. The molecule has 0 nitrogen and oxygen atoms in total. The van der Waals surface area contributed by atoms with Crippen LogP contribution >= 0.6 is 11.6 Å². The molecule has 0 bridgehead atoms. The molecule has 0 heterocycles. The van der Waals surface area contributed by atoms with Gasteiger partial charge in [0.05, 0.1) is 0 Å². The smallest absolute Gasteiger partial charge is 1.00 e. The SMILES string of the molecule is Clc1ccccc1-c1cc[c-]cc1.[Br-].[Mg+2]. The van der Waals surface area contributed by atoms with Crippen LogP contribution in [-0.4, -0.2) is 23.1 Å². The van der Waals surface area contributed by atoms with Gasteiger partial charge in [-0.2, -0.15) is 30.3 Å². The molecule has 3 heteroatoms. The van der Waals surface area contributed by atoms with E-state index in [4.69, 9.17) is 11.6 Å². The van der Waals surface area contributed by atoms with E-state index < -0.39 is 0 Å². The van der Waals surface area contributed by atoms with E-state index in [0.717, 1.165) is 16.1 Å². The van der Waals surface area contributed by atoms with Crippen molar-refractivity contribution in [2.75, 3.05) is 0 Å². The maximum Gasteiger partial charge on any atom is 2.00 e. The van der Waals surface area contributed by atoms with E-state index in [1.807, 2.05) is 48.5 Å². The molecule has 15 heavy (non-hydrogen) atoms. The molecular formula is C12H8BrClMg. The van der Waals surface area contributed by atoms with E-state index in [1.165, 1.54) is 0 Å². The monoisotopic (exact) mass is 290 g/mol. The number of hydrogen-bond donors (Lipinski definition) is 0. The van der Waals surface area contributed by atoms with Crippen LogP contribution in [-0.2, 0) is 0 Å². The molecule has 0 fully saturated rings. The van der Waals surface area contributed by atoms with Crippen molar-refractivity contribution >= 4 is 34.7 Å². The number of halogens is 2. The van der Waals surface area contributed by atoms with Gasteiger partial charge in [0, 0.05) is 5.02 Å². The Hall–Kier alpha value is -0.0238. The Labute approximate surface area is 122 Å². The van der Waals surface area contributed by atoms with Crippen LogP contribution in [0.3, 0.4) is 0 Å². The maximum absolute atomic E-state index is 6.05. The molecule has 0 amide bonds. The molecule has 0 radical (unpaired) electrons. The first kappa shape index (κ1) is 15.0. The molecule has 0 aliphatic rings. The minimum absolute atomic E-state index is 0. The van der Waals surface area contributed by atoms with Gasteiger partial charge in [0.1, 0.15) is 0 Å². The van der Waals surface area contributed by atoms with Crippen LogP contribution in [0.1, 0.15) is 0 Å². The van der Waals surface area contributed by atoms with Crippen LogP contribution in [0.15, 0.2) is 48.5 Å². The first-order valence-corrected chi connectivity index (χ1v) is 4.47. The Balaban J connectivity index is 0.000000980. The van der Waals surface area contributed by atoms with Gasteiger partial charge < -0.3 is 17.0 Å². The van der Waals surface area contributed by atoms with Gasteiger partial charge in [-0.25, -0.2) is 0 Å². The molecule has 0 spiro atoms. The van der Waals surface area contributed by atoms with Crippen LogP contribution in [0.25, 0.3) is 11.1 Å². The van der Waals surface area contributed by atoms with E-state index in [2.05, 4.69) is 6.07 Å². The molecule has 72 valence electrons. The van der Waals surface area contributed by atoms with Gasteiger partial charge in [0.2, 0.25) is 0 Å². The van der Waals surface area contributed by atoms with Gasteiger partial charge in [-0.05, 0) is 11.6 Å². The Morgan fingerprint density at radius 2 is 1.53 bits per heavy atom. The summed E-state index contributed by atoms with van der Waals surface area (Å²) in [4.78, 5) is 0. The zero-order valence-electron chi connectivity index (χ0n) is 8.08. The zero-order chi connectivity index (χ0) is 9.10. The van der Waals surface area contributed by atoms with Gasteiger partial charge >= 0.3 is 23.1 Å². The van der Waals surface area contributed by atoms with E-state index in [0.29, 0.717) is 0 Å². The van der Waals surface area contributed by atoms with E-state index in [9.17, 15) is 0 Å². The van der Waals surface area contributed by atoms with Crippen molar-refractivity contribution in [3.63, 3.8) is 0 Å². The molecule has 0 aliphatic carbocycles. The maximum atomic E-state index is 6.05. The fraction of sp³-hybridized carbons (Fsp3) is 0. The van der Waals surface area contributed by atoms with Crippen LogP contribution in [0, 0.1) is 6.07 Å². The van der Waals surface area contributed by atoms with E-state index >= 15 is 0 Å². The third kappa shape index (κ3) is 3.80. The van der Waals surface area contributed by atoms with Gasteiger partial charge in [0.15, 0.2) is 0 Å². The summed E-state index contributed by atoms with van der Waals surface area (Å²) in [6, 6.07) is 18.6. The normalized spacial score (nSPS) is 8.60. The summed E-state index contributed by atoms with van der Waals surface area (Å²) in [6.07, 6.45) is 0. The van der Waals surface area contributed by atoms with Gasteiger partial charge in [-0.1, -0.05) is 29.8 Å². The summed E-state index contributed by atoms with van der Waals surface area (Å²) < 4.78 is 0. The largest absolute Gasteiger partial charge is 2.00 e. The van der Waals surface area contributed by atoms with Gasteiger partial charge in [0.25, 0.3) is 0 Å². The Morgan fingerprint density at radius 1 is 0.933 bits per heavy atom. The van der Waals surface area contributed by atoms with E-state index in [-0.39, 0.29) is 40.0 Å². The van der Waals surface area contributed by atoms with Crippen LogP contribution in [0.4, 0.5) is 0 Å². The summed E-state index contributed by atoms with van der Waals surface area (Å²) in [6.45, 7) is 0. The van der Waals surface area contributed by atoms with Crippen LogP contribution in [0.2, 0.25) is 5.02 Å². The molecule has 0 saturated carbocycles. The van der Waals surface area contributed by atoms with Crippen molar-refractivity contribution in [1.82, 2.24) is 0 Å². The molecule has 2 aromatic rings. The van der Waals surface area contributed by atoms with Gasteiger partial charge in [-0.15, -0.1) is 5.56 Å². The zero-order valence-corrected chi connectivity index (χ0v) is 11.8. The van der Waals surface area contributed by atoms with Crippen LogP contribution in [0.5, 0.6) is 0 Å². The summed E-state index contributed by atoms with van der Waals surface area (Å²) in [7, 11) is 0. The van der Waals surface area contributed by atoms with Gasteiger partial charge in [-0.3, -0.25) is 0 Å². The molecule has 0 atom stereocenters. The molecule has 2 aromatic carbocycles. The molecule has 0 N–H and O–H groups in total. The minimum Gasteiger partial charge on any atom is -1.00 e. The molecular weight excluding hydrogens is 284 g/mol. The summed E-state index contributed by atoms with van der Waals surface area (Å²) in [5.41, 5.74) is 2.20. The Bertz CT molecular complexity index is 403. The molecule has 2 rings (SSSR count). The fourth-order valence-corrected chi connectivity index (χ4v) is 1.51. The average molecular weight is 292 g/mol. The second-order valence-corrected chi connectivity index (χ2v) is 3.18. The fourth-order valence-electron chi connectivity index (χ4n) is 1.26. The van der Waals surface area contributed by atoms with Crippen molar-refractivity contribution in [2.45, 2.75) is 0 Å². The third-order valence-electron chi connectivity index (χ3n) is 1.90. The van der Waals surface area contributed by atoms with Crippen molar-refractivity contribution in [2.24, 2.45) is 0 Å². The summed E-state index contributed by atoms with van der Waals surface area (Å²) >= 11 is 6.05. The minimum atomic E-state index is 0. The van der Waals surface area contributed by atoms with E-state index in [1.54, 1.807) is 0 Å². The van der Waals surface area contributed by atoms with Crippen molar-refractivity contribution in [3.05, 3.63) is 59.6 Å². The standard InChI is InChI=1S/C12H8Cl.BrH.Mg/c13-12-9-5-4-8-11(12)10-6-2-1-3-7-10;;/h2-9H;1H;/q-1;;+2/p-1. The Morgan fingerprint density at radius 3 is 2.13 bits per heavy atom.